The molecule has 0 aliphatic carbocycles. The number of methoxy groups -OCH3 is 1. The zero-order chi connectivity index (χ0) is 11.4. The minimum absolute atomic E-state index is 0.258. The molecule has 0 amide bonds. The maximum Gasteiger partial charge on any atom is 0.163 e. The molecule has 0 saturated carbocycles. The molecular weight excluding hydrogens is 226 g/mol. The molecule has 1 aromatic carbocycles. The number of rotatable bonds is 3. The van der Waals surface area contributed by atoms with Crippen LogP contribution < -0.4 is 14.8 Å². The molecule has 1 aliphatic heterocycles. The molecule has 3 nitrogen and oxygen atoms in total. The molecule has 1 fully saturated rings. The van der Waals surface area contributed by atoms with Crippen LogP contribution in [-0.2, 0) is 0 Å². The smallest absolute Gasteiger partial charge is 0.163 e. The van der Waals surface area contributed by atoms with E-state index in [4.69, 9.17) is 21.1 Å². The number of hydrogen-bond donors (Lipinski definition) is 1. The molecule has 0 unspecified atom stereocenters. The highest BCUT2D eigenvalue weighted by molar-refractivity contribution is 6.30. The van der Waals surface area contributed by atoms with Crippen molar-refractivity contribution in [3.05, 3.63) is 23.2 Å². The van der Waals surface area contributed by atoms with Gasteiger partial charge in [0, 0.05) is 11.1 Å². The van der Waals surface area contributed by atoms with E-state index in [1.54, 1.807) is 13.2 Å². The second kappa shape index (κ2) is 5.41. The Morgan fingerprint density at radius 3 is 2.69 bits per heavy atom. The Morgan fingerprint density at radius 1 is 1.25 bits per heavy atom. The summed E-state index contributed by atoms with van der Waals surface area (Å²) in [6.45, 7) is 2.01. The normalized spacial score (nSPS) is 17.1. The fourth-order valence-corrected chi connectivity index (χ4v) is 2.00. The second-order valence-electron chi connectivity index (χ2n) is 3.86. The molecule has 0 spiro atoms. The minimum Gasteiger partial charge on any atom is -0.493 e. The number of ether oxygens (including phenoxy) is 2. The summed E-state index contributed by atoms with van der Waals surface area (Å²) in [5.74, 6) is 1.48. The van der Waals surface area contributed by atoms with Gasteiger partial charge in [0.2, 0.25) is 0 Å². The SMILES string of the molecule is COc1ccc(Cl)cc1OC1CCNCC1. The van der Waals surface area contributed by atoms with E-state index in [9.17, 15) is 0 Å². The van der Waals surface area contributed by atoms with E-state index in [0.29, 0.717) is 5.02 Å². The third kappa shape index (κ3) is 2.80. The lowest BCUT2D eigenvalue weighted by Gasteiger charge is -2.24. The summed E-state index contributed by atoms with van der Waals surface area (Å²) in [7, 11) is 1.64. The summed E-state index contributed by atoms with van der Waals surface area (Å²) < 4.78 is 11.2. The molecule has 1 saturated heterocycles. The molecule has 0 atom stereocenters. The van der Waals surface area contributed by atoms with E-state index in [2.05, 4.69) is 5.32 Å². The van der Waals surface area contributed by atoms with Crippen LogP contribution in [0.1, 0.15) is 12.8 Å². The lowest BCUT2D eigenvalue weighted by atomic mass is 10.1. The van der Waals surface area contributed by atoms with Gasteiger partial charge in [-0.3, -0.25) is 0 Å². The maximum absolute atomic E-state index is 5.94. The summed E-state index contributed by atoms with van der Waals surface area (Å²) in [4.78, 5) is 0. The van der Waals surface area contributed by atoms with Crippen molar-refractivity contribution in [3.63, 3.8) is 0 Å². The van der Waals surface area contributed by atoms with Crippen LogP contribution >= 0.6 is 11.6 Å². The first-order chi connectivity index (χ1) is 7.79. The molecule has 0 aromatic heterocycles. The zero-order valence-corrected chi connectivity index (χ0v) is 10.1. The minimum atomic E-state index is 0.258. The first kappa shape index (κ1) is 11.6. The summed E-state index contributed by atoms with van der Waals surface area (Å²) in [5.41, 5.74) is 0. The molecule has 1 N–H and O–H groups in total. The molecule has 0 radical (unpaired) electrons. The van der Waals surface area contributed by atoms with Crippen LogP contribution in [0.25, 0.3) is 0 Å². The van der Waals surface area contributed by atoms with E-state index in [1.165, 1.54) is 0 Å². The van der Waals surface area contributed by atoms with Crippen molar-refractivity contribution in [2.75, 3.05) is 20.2 Å². The summed E-state index contributed by atoms with van der Waals surface area (Å²) >= 11 is 5.94. The van der Waals surface area contributed by atoms with Crippen molar-refractivity contribution in [1.29, 1.82) is 0 Å². The van der Waals surface area contributed by atoms with Crippen LogP contribution in [0.5, 0.6) is 11.5 Å². The Balaban J connectivity index is 2.09. The standard InChI is InChI=1S/C12H16ClNO2/c1-15-11-3-2-9(13)8-12(11)16-10-4-6-14-7-5-10/h2-3,8,10,14H,4-7H2,1H3. The highest BCUT2D eigenvalue weighted by Gasteiger charge is 2.16. The van der Waals surface area contributed by atoms with Gasteiger partial charge in [-0.05, 0) is 38.1 Å². The van der Waals surface area contributed by atoms with Crippen LogP contribution in [0.3, 0.4) is 0 Å². The van der Waals surface area contributed by atoms with E-state index < -0.39 is 0 Å². The Bertz CT molecular complexity index is 351. The average molecular weight is 242 g/mol. The van der Waals surface area contributed by atoms with Crippen LogP contribution in [0.15, 0.2) is 18.2 Å². The molecule has 4 heteroatoms. The Morgan fingerprint density at radius 2 is 2.00 bits per heavy atom. The van der Waals surface area contributed by atoms with Crippen molar-refractivity contribution in [2.45, 2.75) is 18.9 Å². The Kier molecular flexibility index (Phi) is 3.91. The predicted octanol–water partition coefficient (Wildman–Crippen LogP) is 2.48. The van der Waals surface area contributed by atoms with Gasteiger partial charge in [-0.2, -0.15) is 0 Å². The molecule has 16 heavy (non-hydrogen) atoms. The van der Waals surface area contributed by atoms with Gasteiger partial charge in [-0.15, -0.1) is 0 Å². The fourth-order valence-electron chi connectivity index (χ4n) is 1.84. The molecule has 2 rings (SSSR count). The fraction of sp³-hybridized carbons (Fsp3) is 0.500. The number of halogens is 1. The van der Waals surface area contributed by atoms with Crippen molar-refractivity contribution in [3.8, 4) is 11.5 Å². The lowest BCUT2D eigenvalue weighted by Crippen LogP contribution is -2.34. The van der Waals surface area contributed by atoms with Gasteiger partial charge in [0.1, 0.15) is 6.10 Å². The van der Waals surface area contributed by atoms with Gasteiger partial charge in [-0.1, -0.05) is 11.6 Å². The van der Waals surface area contributed by atoms with Crippen LogP contribution in [-0.4, -0.2) is 26.3 Å². The van der Waals surface area contributed by atoms with Crippen molar-refractivity contribution < 1.29 is 9.47 Å². The van der Waals surface area contributed by atoms with E-state index in [1.807, 2.05) is 12.1 Å². The highest BCUT2D eigenvalue weighted by atomic mass is 35.5. The van der Waals surface area contributed by atoms with Gasteiger partial charge in [-0.25, -0.2) is 0 Å². The predicted molar refractivity (Wildman–Crippen MR) is 64.5 cm³/mol. The molecule has 1 aromatic rings. The van der Waals surface area contributed by atoms with Crippen molar-refractivity contribution in [1.82, 2.24) is 5.32 Å². The first-order valence-corrected chi connectivity index (χ1v) is 5.88. The molecule has 1 heterocycles. The van der Waals surface area contributed by atoms with Gasteiger partial charge in [0.15, 0.2) is 11.5 Å². The van der Waals surface area contributed by atoms with E-state index >= 15 is 0 Å². The number of benzene rings is 1. The Hall–Kier alpha value is -0.930. The monoisotopic (exact) mass is 241 g/mol. The van der Waals surface area contributed by atoms with Gasteiger partial charge >= 0.3 is 0 Å². The van der Waals surface area contributed by atoms with E-state index in [-0.39, 0.29) is 6.10 Å². The largest absolute Gasteiger partial charge is 0.493 e. The van der Waals surface area contributed by atoms with Gasteiger partial charge in [0.25, 0.3) is 0 Å². The third-order valence-corrected chi connectivity index (χ3v) is 2.94. The van der Waals surface area contributed by atoms with Crippen LogP contribution in [0, 0.1) is 0 Å². The lowest BCUT2D eigenvalue weighted by molar-refractivity contribution is 0.156. The zero-order valence-electron chi connectivity index (χ0n) is 9.33. The summed E-state index contributed by atoms with van der Waals surface area (Å²) in [5, 5.41) is 3.97. The van der Waals surface area contributed by atoms with Crippen molar-refractivity contribution >= 4 is 11.6 Å². The number of nitrogens with one attached hydrogen (secondary N) is 1. The van der Waals surface area contributed by atoms with Crippen LogP contribution in [0.4, 0.5) is 0 Å². The molecule has 1 aliphatic rings. The topological polar surface area (TPSA) is 30.5 Å². The quantitative estimate of drug-likeness (QED) is 0.882. The molecule has 88 valence electrons. The maximum atomic E-state index is 5.94. The summed E-state index contributed by atoms with van der Waals surface area (Å²) in [6, 6.07) is 5.44. The second-order valence-corrected chi connectivity index (χ2v) is 4.30. The number of piperidine rings is 1. The van der Waals surface area contributed by atoms with E-state index in [0.717, 1.165) is 37.4 Å². The van der Waals surface area contributed by atoms with Crippen LogP contribution in [0.2, 0.25) is 5.02 Å². The average Bonchev–Trinajstić information content (AvgIpc) is 2.31. The summed E-state index contributed by atoms with van der Waals surface area (Å²) in [6.07, 6.45) is 2.30. The molecular formula is C12H16ClNO2. The van der Waals surface area contributed by atoms with Gasteiger partial charge in [0.05, 0.1) is 7.11 Å². The Labute approximate surface area is 101 Å². The van der Waals surface area contributed by atoms with Gasteiger partial charge < -0.3 is 14.8 Å². The first-order valence-electron chi connectivity index (χ1n) is 5.50. The molecule has 0 bridgehead atoms. The number of hydrogen-bond acceptors (Lipinski definition) is 3. The third-order valence-electron chi connectivity index (χ3n) is 2.71. The van der Waals surface area contributed by atoms with Crippen molar-refractivity contribution in [2.24, 2.45) is 0 Å². The highest BCUT2D eigenvalue weighted by Crippen LogP contribution is 2.31.